The van der Waals surface area contributed by atoms with E-state index in [-0.39, 0.29) is 12.5 Å². The summed E-state index contributed by atoms with van der Waals surface area (Å²) in [6, 6.07) is 5.68. The van der Waals surface area contributed by atoms with Crippen molar-refractivity contribution in [3.63, 3.8) is 0 Å². The number of hydrogen-bond acceptors (Lipinski definition) is 3. The van der Waals surface area contributed by atoms with Crippen LogP contribution in [-0.2, 0) is 11.2 Å². The zero-order valence-corrected chi connectivity index (χ0v) is 10.6. The summed E-state index contributed by atoms with van der Waals surface area (Å²) < 4.78 is 1.12. The van der Waals surface area contributed by atoms with Gasteiger partial charge in [-0.2, -0.15) is 0 Å². The molecule has 2 aromatic rings. The minimum Gasteiger partial charge on any atom is -0.395 e. The topological polar surface area (TPSA) is 49.3 Å². The van der Waals surface area contributed by atoms with Gasteiger partial charge in [0.05, 0.1) is 13.0 Å². The Hall–Kier alpha value is -1.10. The summed E-state index contributed by atoms with van der Waals surface area (Å²) in [7, 11) is 0. The maximum absolute atomic E-state index is 11.5. The highest BCUT2D eigenvalue weighted by molar-refractivity contribution is 7.17. The molecule has 0 fully saturated rings. The molecule has 0 saturated heterocycles. The monoisotopic (exact) mass is 269 g/mol. The number of rotatable bonds is 4. The van der Waals surface area contributed by atoms with Crippen molar-refractivity contribution in [3.8, 4) is 0 Å². The number of thiophene rings is 1. The number of aliphatic hydroxyl groups is 1. The van der Waals surface area contributed by atoms with E-state index in [1.807, 2.05) is 23.6 Å². The molecule has 0 aliphatic rings. The number of aliphatic hydroxyl groups excluding tert-OH is 1. The third kappa shape index (κ3) is 2.97. The van der Waals surface area contributed by atoms with E-state index in [4.69, 9.17) is 16.7 Å². The Morgan fingerprint density at radius 1 is 1.47 bits per heavy atom. The molecule has 5 heteroatoms. The van der Waals surface area contributed by atoms with E-state index in [0.717, 1.165) is 15.6 Å². The van der Waals surface area contributed by atoms with Crippen LogP contribution < -0.4 is 5.32 Å². The molecule has 0 spiro atoms. The molecule has 90 valence electrons. The lowest BCUT2D eigenvalue weighted by molar-refractivity contribution is -0.120. The Morgan fingerprint density at radius 2 is 2.29 bits per heavy atom. The molecule has 1 heterocycles. The van der Waals surface area contributed by atoms with E-state index in [2.05, 4.69) is 5.32 Å². The summed E-state index contributed by atoms with van der Waals surface area (Å²) in [6.45, 7) is 0.254. The van der Waals surface area contributed by atoms with E-state index in [1.165, 1.54) is 0 Å². The van der Waals surface area contributed by atoms with Gasteiger partial charge in [-0.05, 0) is 34.5 Å². The van der Waals surface area contributed by atoms with Gasteiger partial charge in [0, 0.05) is 16.3 Å². The van der Waals surface area contributed by atoms with Gasteiger partial charge in [-0.15, -0.1) is 11.3 Å². The molecule has 2 N–H and O–H groups in total. The van der Waals surface area contributed by atoms with Crippen LogP contribution >= 0.6 is 22.9 Å². The number of carbonyl (C=O) groups excluding carboxylic acids is 1. The van der Waals surface area contributed by atoms with Crippen molar-refractivity contribution in [2.45, 2.75) is 6.42 Å². The van der Waals surface area contributed by atoms with E-state index < -0.39 is 0 Å². The molecule has 0 aliphatic heterocycles. The molecule has 0 atom stereocenters. The summed E-state index contributed by atoms with van der Waals surface area (Å²) >= 11 is 7.54. The minimum absolute atomic E-state index is 0.0397. The number of fused-ring (bicyclic) bond motifs is 1. The van der Waals surface area contributed by atoms with Gasteiger partial charge < -0.3 is 10.4 Å². The normalized spacial score (nSPS) is 10.7. The lowest BCUT2D eigenvalue weighted by Gasteiger charge is -2.02. The Balaban J connectivity index is 2.18. The Labute approximate surface area is 108 Å². The van der Waals surface area contributed by atoms with Gasteiger partial charge in [0.1, 0.15) is 0 Å². The van der Waals surface area contributed by atoms with Crippen molar-refractivity contribution < 1.29 is 9.90 Å². The van der Waals surface area contributed by atoms with Crippen molar-refractivity contribution in [3.05, 3.63) is 34.2 Å². The SMILES string of the molecule is O=C(Cc1csc2ccc(Cl)cc12)NCCO. The highest BCUT2D eigenvalue weighted by Crippen LogP contribution is 2.28. The Morgan fingerprint density at radius 3 is 3.06 bits per heavy atom. The lowest BCUT2D eigenvalue weighted by atomic mass is 10.1. The predicted octanol–water partition coefficient (Wildman–Crippen LogP) is 2.21. The molecule has 0 unspecified atom stereocenters. The van der Waals surface area contributed by atoms with Crippen molar-refractivity contribution >= 4 is 38.9 Å². The number of hydrogen-bond donors (Lipinski definition) is 2. The second-order valence-electron chi connectivity index (χ2n) is 3.65. The van der Waals surface area contributed by atoms with Crippen LogP contribution in [0.3, 0.4) is 0 Å². The zero-order chi connectivity index (χ0) is 12.3. The quantitative estimate of drug-likeness (QED) is 0.894. The van der Waals surface area contributed by atoms with E-state index in [9.17, 15) is 4.79 Å². The van der Waals surface area contributed by atoms with Crippen LogP contribution in [0, 0.1) is 0 Å². The van der Waals surface area contributed by atoms with Crippen molar-refractivity contribution in [1.29, 1.82) is 0 Å². The van der Waals surface area contributed by atoms with Crippen LogP contribution in [0.4, 0.5) is 0 Å². The summed E-state index contributed by atoms with van der Waals surface area (Å²) in [6.07, 6.45) is 0.320. The largest absolute Gasteiger partial charge is 0.395 e. The molecule has 1 aromatic heterocycles. The summed E-state index contributed by atoms with van der Waals surface area (Å²) in [4.78, 5) is 11.5. The Kier molecular flexibility index (Phi) is 3.99. The fraction of sp³-hybridized carbons (Fsp3) is 0.250. The number of nitrogens with one attached hydrogen (secondary N) is 1. The van der Waals surface area contributed by atoms with Gasteiger partial charge >= 0.3 is 0 Å². The first kappa shape index (κ1) is 12.4. The van der Waals surface area contributed by atoms with E-state index >= 15 is 0 Å². The molecule has 0 aliphatic carbocycles. The second kappa shape index (κ2) is 5.49. The van der Waals surface area contributed by atoms with Crippen molar-refractivity contribution in [1.82, 2.24) is 5.32 Å². The fourth-order valence-corrected chi connectivity index (χ4v) is 2.74. The summed E-state index contributed by atoms with van der Waals surface area (Å²) in [5.74, 6) is -0.0845. The average Bonchev–Trinajstić information content (AvgIpc) is 2.69. The molecule has 0 radical (unpaired) electrons. The minimum atomic E-state index is -0.0845. The van der Waals surface area contributed by atoms with E-state index in [0.29, 0.717) is 18.0 Å². The van der Waals surface area contributed by atoms with Crippen LogP contribution in [0.15, 0.2) is 23.6 Å². The highest BCUT2D eigenvalue weighted by atomic mass is 35.5. The third-order valence-electron chi connectivity index (χ3n) is 2.40. The van der Waals surface area contributed by atoms with E-state index in [1.54, 1.807) is 11.3 Å². The number of amides is 1. The van der Waals surface area contributed by atoms with Crippen LogP contribution in [0.1, 0.15) is 5.56 Å². The van der Waals surface area contributed by atoms with Gasteiger partial charge in [-0.3, -0.25) is 4.79 Å². The number of carbonyl (C=O) groups is 1. The van der Waals surface area contributed by atoms with Crippen molar-refractivity contribution in [2.24, 2.45) is 0 Å². The van der Waals surface area contributed by atoms with Crippen LogP contribution in [0.5, 0.6) is 0 Å². The molecular weight excluding hydrogens is 258 g/mol. The van der Waals surface area contributed by atoms with Gasteiger partial charge in [-0.25, -0.2) is 0 Å². The molecule has 1 amide bonds. The predicted molar refractivity (Wildman–Crippen MR) is 70.6 cm³/mol. The van der Waals surface area contributed by atoms with Gasteiger partial charge in [0.2, 0.25) is 5.91 Å². The highest BCUT2D eigenvalue weighted by Gasteiger charge is 2.08. The fourth-order valence-electron chi connectivity index (χ4n) is 1.62. The van der Waals surface area contributed by atoms with Crippen LogP contribution in [0.2, 0.25) is 5.02 Å². The van der Waals surface area contributed by atoms with Crippen LogP contribution in [0.25, 0.3) is 10.1 Å². The lowest BCUT2D eigenvalue weighted by Crippen LogP contribution is -2.27. The number of benzene rings is 1. The second-order valence-corrected chi connectivity index (χ2v) is 5.00. The van der Waals surface area contributed by atoms with Crippen LogP contribution in [-0.4, -0.2) is 24.2 Å². The molecule has 0 bridgehead atoms. The summed E-state index contributed by atoms with van der Waals surface area (Å²) in [5, 5.41) is 14.9. The van der Waals surface area contributed by atoms with Gasteiger partial charge in [0.25, 0.3) is 0 Å². The molecule has 1 aromatic carbocycles. The maximum atomic E-state index is 11.5. The molecule has 17 heavy (non-hydrogen) atoms. The first-order chi connectivity index (χ1) is 8.20. The molecule has 2 rings (SSSR count). The Bertz CT molecular complexity index is 538. The molecular formula is C12H12ClNO2S. The first-order valence-corrected chi connectivity index (χ1v) is 6.49. The number of halogens is 1. The first-order valence-electron chi connectivity index (χ1n) is 5.24. The maximum Gasteiger partial charge on any atom is 0.224 e. The van der Waals surface area contributed by atoms with Gasteiger partial charge in [0.15, 0.2) is 0 Å². The van der Waals surface area contributed by atoms with Gasteiger partial charge in [-0.1, -0.05) is 11.6 Å². The summed E-state index contributed by atoms with van der Waals surface area (Å²) in [5.41, 5.74) is 0.975. The molecule has 0 saturated carbocycles. The zero-order valence-electron chi connectivity index (χ0n) is 9.07. The smallest absolute Gasteiger partial charge is 0.224 e. The standard InChI is InChI=1S/C12H12ClNO2S/c13-9-1-2-11-10(6-9)8(7-17-11)5-12(16)14-3-4-15/h1-2,6-7,15H,3-5H2,(H,14,16). The molecule has 3 nitrogen and oxygen atoms in total. The third-order valence-corrected chi connectivity index (χ3v) is 3.65. The average molecular weight is 270 g/mol. The van der Waals surface area contributed by atoms with Crippen molar-refractivity contribution in [2.75, 3.05) is 13.2 Å².